The van der Waals surface area contributed by atoms with E-state index in [-0.39, 0.29) is 38.6 Å². The number of para-hydroxylation sites is 1. The van der Waals surface area contributed by atoms with Gasteiger partial charge in [-0.3, -0.25) is 14.4 Å². The minimum absolute atomic E-state index is 0.0620. The highest BCUT2D eigenvalue weighted by molar-refractivity contribution is 8.03. The van der Waals surface area contributed by atoms with Gasteiger partial charge in [-0.2, -0.15) is 18.4 Å². The number of carbonyl (C=O) groups is 3. The number of esters is 1. The first-order valence-electron chi connectivity index (χ1n) is 11.2. The van der Waals surface area contributed by atoms with Gasteiger partial charge < -0.3 is 20.1 Å². The largest absolute Gasteiger partial charge is 0.491 e. The van der Waals surface area contributed by atoms with Gasteiger partial charge in [-0.25, -0.2) is 0 Å². The molecule has 3 rings (SSSR count). The lowest BCUT2D eigenvalue weighted by atomic mass is 9.78. The summed E-state index contributed by atoms with van der Waals surface area (Å²) in [4.78, 5) is 38.1. The van der Waals surface area contributed by atoms with Crippen molar-refractivity contribution in [2.24, 2.45) is 5.92 Å². The van der Waals surface area contributed by atoms with E-state index in [9.17, 15) is 32.8 Å². The minimum Gasteiger partial charge on any atom is -0.491 e. The van der Waals surface area contributed by atoms with E-state index in [4.69, 9.17) is 32.7 Å². The van der Waals surface area contributed by atoms with Gasteiger partial charge in [-0.05, 0) is 36.8 Å². The van der Waals surface area contributed by atoms with Crippen LogP contribution in [0.3, 0.4) is 0 Å². The van der Waals surface area contributed by atoms with Crippen molar-refractivity contribution < 1.29 is 37.0 Å². The number of alkyl halides is 3. The number of hydrogen-bond donors (Lipinski definition) is 2. The fraction of sp³-hybridized carbons (Fsp3) is 0.280. The molecule has 2 atom stereocenters. The molecule has 2 N–H and O–H groups in total. The van der Waals surface area contributed by atoms with Crippen molar-refractivity contribution in [1.82, 2.24) is 5.32 Å². The second kappa shape index (κ2) is 12.6. The number of nitriles is 1. The Morgan fingerprint density at radius 3 is 2.41 bits per heavy atom. The summed E-state index contributed by atoms with van der Waals surface area (Å²) in [5.74, 6) is -5.56. The van der Waals surface area contributed by atoms with Crippen LogP contribution in [0.5, 0.6) is 5.75 Å². The van der Waals surface area contributed by atoms with Crippen molar-refractivity contribution in [3.05, 3.63) is 68.2 Å². The average molecular weight is 602 g/mol. The monoisotopic (exact) mass is 601 g/mol. The number of halogens is 5. The number of thioether (sulfide) groups is 1. The summed E-state index contributed by atoms with van der Waals surface area (Å²) in [5.41, 5.74) is -1.34. The summed E-state index contributed by atoms with van der Waals surface area (Å²) in [6, 6.07) is 9.20. The molecule has 0 aromatic heterocycles. The molecule has 1 heterocycles. The minimum atomic E-state index is -4.69. The molecule has 8 nitrogen and oxygen atoms in total. The SMILES string of the molecule is CCOc1c(Cl)cc([C@@H]2C(C#N)=C(SCC(=O)Nc3ccccc3C(F)(F)F)NC(=O)[C@@H]2C(=O)OC)cc1Cl. The van der Waals surface area contributed by atoms with Gasteiger partial charge in [0.05, 0.1) is 57.4 Å². The predicted octanol–water partition coefficient (Wildman–Crippen LogP) is 5.52. The fourth-order valence-electron chi connectivity index (χ4n) is 3.88. The van der Waals surface area contributed by atoms with Crippen LogP contribution in [-0.4, -0.2) is 37.3 Å². The molecule has 2 aromatic rings. The van der Waals surface area contributed by atoms with E-state index in [2.05, 4.69) is 10.6 Å². The van der Waals surface area contributed by atoms with Gasteiger partial charge in [-0.15, -0.1) is 0 Å². The third-order valence-corrected chi connectivity index (χ3v) is 7.08. The summed E-state index contributed by atoms with van der Waals surface area (Å²) in [7, 11) is 1.08. The first kappa shape index (κ1) is 30.1. The maximum atomic E-state index is 13.3. The van der Waals surface area contributed by atoms with Crippen molar-refractivity contribution in [2.45, 2.75) is 19.0 Å². The van der Waals surface area contributed by atoms with Crippen LogP contribution in [0.25, 0.3) is 0 Å². The molecule has 0 spiro atoms. The topological polar surface area (TPSA) is 118 Å². The lowest BCUT2D eigenvalue weighted by molar-refractivity contribution is -0.150. The molecule has 14 heteroatoms. The van der Waals surface area contributed by atoms with Gasteiger partial charge in [0.15, 0.2) is 5.75 Å². The third-order valence-electron chi connectivity index (χ3n) is 5.51. The quantitative estimate of drug-likeness (QED) is 0.302. The van der Waals surface area contributed by atoms with E-state index in [0.29, 0.717) is 11.8 Å². The summed E-state index contributed by atoms with van der Waals surface area (Å²) in [6.45, 7) is 1.98. The molecule has 2 amide bonds. The van der Waals surface area contributed by atoms with Gasteiger partial charge in [-0.1, -0.05) is 47.1 Å². The highest BCUT2D eigenvalue weighted by Crippen LogP contribution is 2.44. The number of nitrogens with one attached hydrogen (secondary N) is 2. The second-order valence-corrected chi connectivity index (χ2v) is 9.75. The number of amides is 2. The molecule has 1 aliphatic heterocycles. The number of hydrogen-bond acceptors (Lipinski definition) is 7. The van der Waals surface area contributed by atoms with Crippen molar-refractivity contribution in [3.8, 4) is 11.8 Å². The molecule has 0 fully saturated rings. The number of ether oxygens (including phenoxy) is 2. The van der Waals surface area contributed by atoms with E-state index < -0.39 is 52.8 Å². The molecule has 1 aliphatic rings. The van der Waals surface area contributed by atoms with E-state index in [1.54, 1.807) is 6.92 Å². The standard InChI is InChI=1S/C25H20Cl2F3N3O5S/c1-3-38-21-15(26)8-12(9-16(21)27)19-13(10-31)23(33-22(35)20(19)24(36)37-2)39-11-18(34)32-17-7-5-4-6-14(17)25(28,29)30/h4-9,19-20H,3,11H2,1-2H3,(H,32,34)(H,33,35)/t19-,20-/m1/s1. The number of allylic oxidation sites excluding steroid dienone is 1. The zero-order valence-corrected chi connectivity index (χ0v) is 22.6. The Bertz CT molecular complexity index is 1350. The smallest absolute Gasteiger partial charge is 0.418 e. The van der Waals surface area contributed by atoms with E-state index >= 15 is 0 Å². The third kappa shape index (κ3) is 6.79. The number of methoxy groups -OCH3 is 1. The Kier molecular flexibility index (Phi) is 9.77. The van der Waals surface area contributed by atoms with Gasteiger partial charge >= 0.3 is 12.1 Å². The summed E-state index contributed by atoms with van der Waals surface area (Å²) in [5, 5.41) is 14.7. The van der Waals surface area contributed by atoms with Gasteiger partial charge in [0, 0.05) is 5.92 Å². The molecule has 206 valence electrons. The number of nitrogens with zero attached hydrogens (tertiary/aromatic N) is 1. The Balaban J connectivity index is 1.97. The summed E-state index contributed by atoms with van der Waals surface area (Å²) in [6.07, 6.45) is -4.69. The van der Waals surface area contributed by atoms with E-state index in [0.717, 1.165) is 19.2 Å². The highest BCUT2D eigenvalue weighted by atomic mass is 35.5. The molecule has 0 unspecified atom stereocenters. The number of anilines is 1. The second-order valence-electron chi connectivity index (χ2n) is 7.95. The first-order chi connectivity index (χ1) is 18.4. The number of rotatable bonds is 8. The highest BCUT2D eigenvalue weighted by Gasteiger charge is 2.45. The molecule has 0 radical (unpaired) electrons. The molecule has 2 aromatic carbocycles. The predicted molar refractivity (Wildman–Crippen MR) is 139 cm³/mol. The van der Waals surface area contributed by atoms with Crippen molar-refractivity contribution in [2.75, 3.05) is 24.8 Å². The van der Waals surface area contributed by atoms with Gasteiger partial charge in [0.2, 0.25) is 11.8 Å². The fourth-order valence-corrected chi connectivity index (χ4v) is 5.35. The molecule has 0 aliphatic carbocycles. The lowest BCUT2D eigenvalue weighted by Crippen LogP contribution is -2.44. The number of benzene rings is 2. The van der Waals surface area contributed by atoms with Crippen LogP contribution in [0.15, 0.2) is 47.0 Å². The van der Waals surface area contributed by atoms with Crippen LogP contribution in [0, 0.1) is 17.2 Å². The molecule has 0 bridgehead atoms. The normalized spacial score (nSPS) is 17.2. The van der Waals surface area contributed by atoms with E-state index in [1.165, 1.54) is 24.3 Å². The van der Waals surface area contributed by atoms with E-state index in [1.807, 2.05) is 6.07 Å². The Morgan fingerprint density at radius 2 is 1.85 bits per heavy atom. The maximum absolute atomic E-state index is 13.3. The van der Waals surface area contributed by atoms with Gasteiger partial charge in [0.25, 0.3) is 0 Å². The summed E-state index contributed by atoms with van der Waals surface area (Å²) >= 11 is 13.3. The van der Waals surface area contributed by atoms with Crippen LogP contribution in [0.4, 0.5) is 18.9 Å². The summed E-state index contributed by atoms with van der Waals surface area (Å²) < 4.78 is 50.0. The number of carbonyl (C=O) groups excluding carboxylic acids is 3. The van der Waals surface area contributed by atoms with Gasteiger partial charge in [0.1, 0.15) is 5.92 Å². The Labute approximate surface area is 235 Å². The molecule has 39 heavy (non-hydrogen) atoms. The zero-order chi connectivity index (χ0) is 28.9. The Morgan fingerprint density at radius 1 is 1.21 bits per heavy atom. The van der Waals surface area contributed by atoms with Crippen molar-refractivity contribution in [3.63, 3.8) is 0 Å². The molecule has 0 saturated heterocycles. The molecular formula is C25H20Cl2F3N3O5S. The van der Waals surface area contributed by atoms with Crippen LogP contribution in [0.2, 0.25) is 10.0 Å². The first-order valence-corrected chi connectivity index (χ1v) is 12.9. The molecular weight excluding hydrogens is 582 g/mol. The molecule has 0 saturated carbocycles. The van der Waals surface area contributed by atoms with Crippen LogP contribution in [-0.2, 0) is 25.3 Å². The van der Waals surface area contributed by atoms with Crippen LogP contribution in [0.1, 0.15) is 24.0 Å². The van der Waals surface area contributed by atoms with Crippen LogP contribution >= 0.6 is 35.0 Å². The maximum Gasteiger partial charge on any atom is 0.418 e. The Hall–Kier alpha value is -3.40. The lowest BCUT2D eigenvalue weighted by Gasteiger charge is -2.31. The average Bonchev–Trinajstić information content (AvgIpc) is 2.88. The van der Waals surface area contributed by atoms with Crippen molar-refractivity contribution in [1.29, 1.82) is 5.26 Å². The van der Waals surface area contributed by atoms with Crippen LogP contribution < -0.4 is 15.4 Å². The van der Waals surface area contributed by atoms with Crippen molar-refractivity contribution >= 4 is 58.4 Å². The zero-order valence-electron chi connectivity index (χ0n) is 20.3.